The van der Waals surface area contributed by atoms with Crippen molar-refractivity contribution in [3.05, 3.63) is 34.9 Å². The number of rotatable bonds is 5. The van der Waals surface area contributed by atoms with Crippen molar-refractivity contribution in [2.24, 2.45) is 0 Å². The van der Waals surface area contributed by atoms with Crippen LogP contribution in [-0.2, 0) is 11.3 Å². The Morgan fingerprint density at radius 3 is 2.68 bits per heavy atom. The lowest BCUT2D eigenvalue weighted by molar-refractivity contribution is -0.0612. The average molecular weight is 389 g/mol. The van der Waals surface area contributed by atoms with Crippen molar-refractivity contribution in [2.75, 3.05) is 38.6 Å². The lowest BCUT2D eigenvalue weighted by Crippen LogP contribution is -2.50. The SMILES string of the molecule is CC(C)(O)C(F)CN1Cc2cc(N)c(C3=CCN(C4COC4)CC3)cc2C1=O. The van der Waals surface area contributed by atoms with E-state index in [1.54, 1.807) is 0 Å². The van der Waals surface area contributed by atoms with Crippen LogP contribution < -0.4 is 5.73 Å². The van der Waals surface area contributed by atoms with Crippen LogP contribution in [-0.4, -0.2) is 71.5 Å². The summed E-state index contributed by atoms with van der Waals surface area (Å²) in [6, 6.07) is 4.21. The van der Waals surface area contributed by atoms with E-state index in [0.717, 1.165) is 49.4 Å². The molecule has 0 aliphatic carbocycles. The highest BCUT2D eigenvalue weighted by Crippen LogP contribution is 2.34. The van der Waals surface area contributed by atoms with Crippen molar-refractivity contribution in [1.82, 2.24) is 9.80 Å². The minimum absolute atomic E-state index is 0.132. The number of hydrogen-bond donors (Lipinski definition) is 2. The van der Waals surface area contributed by atoms with Gasteiger partial charge in [-0.15, -0.1) is 0 Å². The molecule has 1 fully saturated rings. The first-order valence-corrected chi connectivity index (χ1v) is 9.83. The summed E-state index contributed by atoms with van der Waals surface area (Å²) in [6.07, 6.45) is 1.55. The molecule has 1 aromatic rings. The summed E-state index contributed by atoms with van der Waals surface area (Å²) in [5, 5.41) is 9.84. The summed E-state index contributed by atoms with van der Waals surface area (Å²) in [4.78, 5) is 16.6. The van der Waals surface area contributed by atoms with Crippen LogP contribution in [0.25, 0.3) is 5.57 Å². The third-order valence-electron chi connectivity index (χ3n) is 6.02. The fourth-order valence-corrected chi connectivity index (χ4v) is 3.98. The number of fused-ring (bicyclic) bond motifs is 1. The molecule has 1 amide bonds. The smallest absolute Gasteiger partial charge is 0.254 e. The van der Waals surface area contributed by atoms with Crippen LogP contribution in [0.15, 0.2) is 18.2 Å². The molecule has 1 aromatic carbocycles. The summed E-state index contributed by atoms with van der Waals surface area (Å²) in [5.74, 6) is -0.201. The van der Waals surface area contributed by atoms with Crippen molar-refractivity contribution in [1.29, 1.82) is 0 Å². The van der Waals surface area contributed by atoms with E-state index in [9.17, 15) is 14.3 Å². The fourth-order valence-electron chi connectivity index (χ4n) is 3.98. The number of hydrogen-bond acceptors (Lipinski definition) is 5. The van der Waals surface area contributed by atoms with Gasteiger partial charge < -0.3 is 20.5 Å². The van der Waals surface area contributed by atoms with Crippen LogP contribution in [0.4, 0.5) is 10.1 Å². The van der Waals surface area contributed by atoms with Gasteiger partial charge in [-0.25, -0.2) is 4.39 Å². The van der Waals surface area contributed by atoms with Crippen molar-refractivity contribution >= 4 is 17.2 Å². The molecule has 1 unspecified atom stereocenters. The van der Waals surface area contributed by atoms with Gasteiger partial charge in [-0.1, -0.05) is 6.08 Å². The molecule has 3 heterocycles. The molecule has 7 heteroatoms. The molecule has 6 nitrogen and oxygen atoms in total. The lowest BCUT2D eigenvalue weighted by Gasteiger charge is -2.39. The van der Waals surface area contributed by atoms with E-state index in [0.29, 0.717) is 23.8 Å². The molecule has 4 rings (SSSR count). The zero-order valence-corrected chi connectivity index (χ0v) is 16.4. The molecule has 1 atom stereocenters. The number of carbonyl (C=O) groups excluding carboxylic acids is 1. The number of nitrogen functional groups attached to an aromatic ring is 1. The van der Waals surface area contributed by atoms with E-state index >= 15 is 0 Å². The predicted molar refractivity (Wildman–Crippen MR) is 106 cm³/mol. The Morgan fingerprint density at radius 2 is 2.11 bits per heavy atom. The second kappa shape index (κ2) is 7.13. The quantitative estimate of drug-likeness (QED) is 0.751. The van der Waals surface area contributed by atoms with Crippen LogP contribution in [0.1, 0.15) is 41.8 Å². The number of halogens is 1. The Balaban J connectivity index is 1.51. The van der Waals surface area contributed by atoms with Gasteiger partial charge in [0.2, 0.25) is 0 Å². The number of amides is 1. The zero-order valence-electron chi connectivity index (χ0n) is 16.4. The topological polar surface area (TPSA) is 79.0 Å². The summed E-state index contributed by atoms with van der Waals surface area (Å²) in [6.45, 7) is 6.42. The summed E-state index contributed by atoms with van der Waals surface area (Å²) in [5.41, 5.74) is 8.93. The molecule has 0 bridgehead atoms. The molecule has 0 saturated carbocycles. The minimum atomic E-state index is -1.51. The average Bonchev–Trinajstić information content (AvgIpc) is 2.88. The van der Waals surface area contributed by atoms with Crippen molar-refractivity contribution in [3.63, 3.8) is 0 Å². The van der Waals surface area contributed by atoms with Gasteiger partial charge in [0.25, 0.3) is 5.91 Å². The Morgan fingerprint density at radius 1 is 1.36 bits per heavy atom. The van der Waals surface area contributed by atoms with Crippen LogP contribution in [0.5, 0.6) is 0 Å². The van der Waals surface area contributed by atoms with Gasteiger partial charge in [-0.3, -0.25) is 9.69 Å². The van der Waals surface area contributed by atoms with Gasteiger partial charge in [0.05, 0.1) is 31.4 Å². The molecular weight excluding hydrogens is 361 g/mol. The standard InChI is InChI=1S/C21H28FN3O3/c1-21(2,27)19(22)10-25-9-14-7-18(23)16(8-17(14)20(25)26)13-3-5-24(6-4-13)15-11-28-12-15/h3,7-8,15,19,27H,4-6,9-12,23H2,1-2H3. The maximum atomic E-state index is 14.3. The van der Waals surface area contributed by atoms with Gasteiger partial charge in [0.1, 0.15) is 6.17 Å². The fraction of sp³-hybridized carbons (Fsp3) is 0.571. The van der Waals surface area contributed by atoms with E-state index in [2.05, 4.69) is 11.0 Å². The maximum absolute atomic E-state index is 14.3. The van der Waals surface area contributed by atoms with Gasteiger partial charge in [-0.05, 0) is 43.5 Å². The highest BCUT2D eigenvalue weighted by molar-refractivity contribution is 6.00. The predicted octanol–water partition coefficient (Wildman–Crippen LogP) is 1.82. The van der Waals surface area contributed by atoms with Crippen molar-refractivity contribution in [3.8, 4) is 0 Å². The molecule has 28 heavy (non-hydrogen) atoms. The molecule has 0 radical (unpaired) electrons. The van der Waals surface area contributed by atoms with Crippen LogP contribution in [0.2, 0.25) is 0 Å². The van der Waals surface area contributed by atoms with Gasteiger partial charge in [0.15, 0.2) is 0 Å². The number of aliphatic hydroxyl groups is 1. The molecule has 0 aromatic heterocycles. The van der Waals surface area contributed by atoms with Crippen LogP contribution >= 0.6 is 0 Å². The summed E-state index contributed by atoms with van der Waals surface area (Å²) in [7, 11) is 0. The Bertz CT molecular complexity index is 814. The monoisotopic (exact) mass is 389 g/mol. The van der Waals surface area contributed by atoms with E-state index in [-0.39, 0.29) is 12.5 Å². The normalized spacial score (nSPS) is 22.1. The number of nitrogens with two attached hydrogens (primary N) is 1. The molecular formula is C21H28FN3O3. The third-order valence-corrected chi connectivity index (χ3v) is 6.02. The molecule has 0 spiro atoms. The first-order valence-electron chi connectivity index (χ1n) is 9.83. The largest absolute Gasteiger partial charge is 0.398 e. The van der Waals surface area contributed by atoms with Gasteiger partial charge in [-0.2, -0.15) is 0 Å². The highest BCUT2D eigenvalue weighted by atomic mass is 19.1. The molecule has 3 aliphatic heterocycles. The Hall–Kier alpha value is -1.96. The highest BCUT2D eigenvalue weighted by Gasteiger charge is 2.35. The first-order chi connectivity index (χ1) is 13.2. The molecule has 3 aliphatic rings. The molecule has 152 valence electrons. The number of carbonyl (C=O) groups is 1. The van der Waals surface area contributed by atoms with E-state index < -0.39 is 11.8 Å². The van der Waals surface area contributed by atoms with E-state index in [1.807, 2.05) is 12.1 Å². The molecule has 3 N–H and O–H groups in total. The summed E-state index contributed by atoms with van der Waals surface area (Å²) < 4.78 is 19.5. The first kappa shape index (κ1) is 19.4. The maximum Gasteiger partial charge on any atom is 0.254 e. The van der Waals surface area contributed by atoms with Crippen molar-refractivity contribution in [2.45, 2.75) is 44.6 Å². The number of anilines is 1. The zero-order chi connectivity index (χ0) is 20.1. The summed E-state index contributed by atoms with van der Waals surface area (Å²) >= 11 is 0. The number of benzene rings is 1. The van der Waals surface area contributed by atoms with Gasteiger partial charge in [0, 0.05) is 36.4 Å². The Labute approximate surface area is 164 Å². The van der Waals surface area contributed by atoms with Crippen molar-refractivity contribution < 1.29 is 19.0 Å². The lowest BCUT2D eigenvalue weighted by atomic mass is 9.94. The molecule has 1 saturated heterocycles. The van der Waals surface area contributed by atoms with Crippen LogP contribution in [0, 0.1) is 0 Å². The number of ether oxygens (including phenoxy) is 1. The van der Waals surface area contributed by atoms with Gasteiger partial charge >= 0.3 is 0 Å². The number of nitrogens with zero attached hydrogens (tertiary/aromatic N) is 2. The Kier molecular flexibility index (Phi) is 4.93. The van der Waals surface area contributed by atoms with Crippen LogP contribution in [0.3, 0.4) is 0 Å². The second-order valence-corrected chi connectivity index (χ2v) is 8.57. The van der Waals surface area contributed by atoms with E-state index in [1.165, 1.54) is 18.7 Å². The number of alkyl halides is 1. The third kappa shape index (κ3) is 3.54. The second-order valence-electron chi connectivity index (χ2n) is 8.57. The van der Waals surface area contributed by atoms with E-state index in [4.69, 9.17) is 10.5 Å². The minimum Gasteiger partial charge on any atom is -0.398 e.